The molecule has 0 aliphatic carbocycles. The first-order valence-electron chi connectivity index (χ1n) is 7.81. The third kappa shape index (κ3) is 4.31. The summed E-state index contributed by atoms with van der Waals surface area (Å²) in [6, 6.07) is 14.9. The van der Waals surface area contributed by atoms with Crippen LogP contribution in [0.25, 0.3) is 10.6 Å². The Morgan fingerprint density at radius 2 is 1.92 bits per heavy atom. The molecule has 3 rings (SSSR count). The SMILES string of the molecule is CC(OC(=O)c1csc(-c2ccccc2)n1)C(=O)Nc1cccc(F)c1. The molecular weight excluding hydrogens is 355 g/mol. The second kappa shape index (κ2) is 7.88. The Kier molecular flexibility index (Phi) is 5.38. The number of hydrogen-bond donors (Lipinski definition) is 1. The third-order valence-corrected chi connectivity index (χ3v) is 4.37. The van der Waals surface area contributed by atoms with Crippen LogP contribution in [0.15, 0.2) is 60.0 Å². The van der Waals surface area contributed by atoms with E-state index in [9.17, 15) is 14.0 Å². The zero-order valence-electron chi connectivity index (χ0n) is 13.8. The van der Waals surface area contributed by atoms with Gasteiger partial charge in [-0.1, -0.05) is 36.4 Å². The number of benzene rings is 2. The van der Waals surface area contributed by atoms with Crippen LogP contribution in [-0.2, 0) is 9.53 Å². The summed E-state index contributed by atoms with van der Waals surface area (Å²) in [5.74, 6) is -1.71. The summed E-state index contributed by atoms with van der Waals surface area (Å²) in [4.78, 5) is 28.5. The van der Waals surface area contributed by atoms with Gasteiger partial charge in [0.15, 0.2) is 11.8 Å². The van der Waals surface area contributed by atoms with E-state index >= 15 is 0 Å². The van der Waals surface area contributed by atoms with E-state index in [-0.39, 0.29) is 11.4 Å². The lowest BCUT2D eigenvalue weighted by Crippen LogP contribution is -2.30. The quantitative estimate of drug-likeness (QED) is 0.686. The maximum absolute atomic E-state index is 13.1. The molecule has 3 aromatic rings. The van der Waals surface area contributed by atoms with Gasteiger partial charge in [0.2, 0.25) is 0 Å². The van der Waals surface area contributed by atoms with Crippen LogP contribution in [0.1, 0.15) is 17.4 Å². The van der Waals surface area contributed by atoms with Crippen LogP contribution in [0.3, 0.4) is 0 Å². The number of halogens is 1. The summed E-state index contributed by atoms with van der Waals surface area (Å²) >= 11 is 1.32. The van der Waals surface area contributed by atoms with Gasteiger partial charge in [-0.2, -0.15) is 0 Å². The number of thiazole rings is 1. The summed E-state index contributed by atoms with van der Waals surface area (Å²) in [6.45, 7) is 1.44. The maximum Gasteiger partial charge on any atom is 0.358 e. The fourth-order valence-corrected chi connectivity index (χ4v) is 2.96. The molecule has 2 aromatic carbocycles. The van der Waals surface area contributed by atoms with Gasteiger partial charge in [-0.15, -0.1) is 11.3 Å². The smallest absolute Gasteiger partial charge is 0.358 e. The number of nitrogens with one attached hydrogen (secondary N) is 1. The number of rotatable bonds is 5. The Morgan fingerprint density at radius 3 is 2.65 bits per heavy atom. The van der Waals surface area contributed by atoms with Gasteiger partial charge in [0.05, 0.1) is 0 Å². The van der Waals surface area contributed by atoms with Crippen molar-refractivity contribution in [3.05, 3.63) is 71.5 Å². The van der Waals surface area contributed by atoms with E-state index in [1.54, 1.807) is 11.4 Å². The topological polar surface area (TPSA) is 68.3 Å². The lowest BCUT2D eigenvalue weighted by molar-refractivity contribution is -0.123. The van der Waals surface area contributed by atoms with Crippen molar-refractivity contribution >= 4 is 28.9 Å². The van der Waals surface area contributed by atoms with Crippen molar-refractivity contribution in [2.24, 2.45) is 0 Å². The lowest BCUT2D eigenvalue weighted by atomic mass is 10.2. The van der Waals surface area contributed by atoms with E-state index in [1.807, 2.05) is 30.3 Å². The minimum atomic E-state index is -1.05. The van der Waals surface area contributed by atoms with Gasteiger partial charge in [-0.05, 0) is 25.1 Å². The highest BCUT2D eigenvalue weighted by Crippen LogP contribution is 2.23. The van der Waals surface area contributed by atoms with Gasteiger partial charge in [-0.25, -0.2) is 14.2 Å². The van der Waals surface area contributed by atoms with E-state index in [0.29, 0.717) is 5.01 Å². The summed E-state index contributed by atoms with van der Waals surface area (Å²) in [5, 5.41) is 4.77. The molecule has 26 heavy (non-hydrogen) atoms. The highest BCUT2D eigenvalue weighted by atomic mass is 32.1. The predicted molar refractivity (Wildman–Crippen MR) is 97.5 cm³/mol. The largest absolute Gasteiger partial charge is 0.448 e. The highest BCUT2D eigenvalue weighted by molar-refractivity contribution is 7.13. The first kappa shape index (κ1) is 17.8. The number of nitrogens with zero attached hydrogens (tertiary/aromatic N) is 1. The molecule has 5 nitrogen and oxygen atoms in total. The molecule has 0 spiro atoms. The Bertz CT molecular complexity index is 927. The van der Waals surface area contributed by atoms with Crippen molar-refractivity contribution < 1.29 is 18.7 Å². The number of carbonyl (C=O) groups is 2. The van der Waals surface area contributed by atoms with Gasteiger partial charge < -0.3 is 10.1 Å². The molecule has 1 N–H and O–H groups in total. The second-order valence-corrected chi connectivity index (χ2v) is 6.31. The number of amides is 1. The van der Waals surface area contributed by atoms with Crippen LogP contribution in [0, 0.1) is 5.82 Å². The summed E-state index contributed by atoms with van der Waals surface area (Å²) in [7, 11) is 0. The highest BCUT2D eigenvalue weighted by Gasteiger charge is 2.21. The summed E-state index contributed by atoms with van der Waals surface area (Å²) in [5.41, 5.74) is 1.32. The predicted octanol–water partition coefficient (Wildman–Crippen LogP) is 4.13. The zero-order valence-corrected chi connectivity index (χ0v) is 14.6. The fourth-order valence-electron chi connectivity index (χ4n) is 2.17. The molecule has 0 saturated heterocycles. The number of ether oxygens (including phenoxy) is 1. The Labute approximate surface area is 153 Å². The average Bonchev–Trinajstić information content (AvgIpc) is 3.12. The Hall–Kier alpha value is -3.06. The molecule has 1 aromatic heterocycles. The molecule has 0 aliphatic heterocycles. The molecule has 1 amide bonds. The molecule has 1 unspecified atom stereocenters. The molecule has 0 fully saturated rings. The van der Waals surface area contributed by atoms with Gasteiger partial charge in [0, 0.05) is 16.6 Å². The van der Waals surface area contributed by atoms with Crippen molar-refractivity contribution in [3.63, 3.8) is 0 Å². The first-order valence-corrected chi connectivity index (χ1v) is 8.69. The first-order chi connectivity index (χ1) is 12.5. The van der Waals surface area contributed by atoms with Crippen molar-refractivity contribution in [2.45, 2.75) is 13.0 Å². The molecule has 0 radical (unpaired) electrons. The normalized spacial score (nSPS) is 11.6. The van der Waals surface area contributed by atoms with Crippen LogP contribution < -0.4 is 5.32 Å². The van der Waals surface area contributed by atoms with Crippen LogP contribution in [-0.4, -0.2) is 23.0 Å². The number of aromatic nitrogens is 1. The van der Waals surface area contributed by atoms with E-state index in [2.05, 4.69) is 10.3 Å². The standard InChI is InChI=1S/C19H15FN2O3S/c1-12(17(23)21-15-9-5-8-14(20)10-15)25-19(24)16-11-26-18(22-16)13-6-3-2-4-7-13/h2-12H,1H3,(H,21,23). The van der Waals surface area contributed by atoms with E-state index in [4.69, 9.17) is 4.74 Å². The molecule has 0 aliphatic rings. The second-order valence-electron chi connectivity index (χ2n) is 5.45. The summed E-state index contributed by atoms with van der Waals surface area (Å²) in [6.07, 6.45) is -1.05. The fraction of sp³-hybridized carbons (Fsp3) is 0.105. The van der Waals surface area contributed by atoms with Crippen molar-refractivity contribution in [1.82, 2.24) is 4.98 Å². The van der Waals surface area contributed by atoms with Crippen LogP contribution in [0.4, 0.5) is 10.1 Å². The zero-order chi connectivity index (χ0) is 18.5. The number of anilines is 1. The van der Waals surface area contributed by atoms with Crippen LogP contribution in [0.2, 0.25) is 0 Å². The van der Waals surface area contributed by atoms with Gasteiger partial charge >= 0.3 is 5.97 Å². The number of esters is 1. The maximum atomic E-state index is 13.1. The molecule has 132 valence electrons. The number of carbonyl (C=O) groups excluding carboxylic acids is 2. The molecule has 0 saturated carbocycles. The van der Waals surface area contributed by atoms with Gasteiger partial charge in [0.25, 0.3) is 5.91 Å². The average molecular weight is 370 g/mol. The minimum absolute atomic E-state index is 0.138. The van der Waals surface area contributed by atoms with Crippen molar-refractivity contribution in [1.29, 1.82) is 0 Å². The molecular formula is C19H15FN2O3S. The lowest BCUT2D eigenvalue weighted by Gasteiger charge is -2.12. The Morgan fingerprint density at radius 1 is 1.15 bits per heavy atom. The summed E-state index contributed by atoms with van der Waals surface area (Å²) < 4.78 is 18.3. The minimum Gasteiger partial charge on any atom is -0.448 e. The van der Waals surface area contributed by atoms with Gasteiger partial charge in [-0.3, -0.25) is 4.79 Å². The van der Waals surface area contributed by atoms with Crippen molar-refractivity contribution in [2.75, 3.05) is 5.32 Å². The monoisotopic (exact) mass is 370 g/mol. The van der Waals surface area contributed by atoms with Crippen LogP contribution in [0.5, 0.6) is 0 Å². The molecule has 1 heterocycles. The van der Waals surface area contributed by atoms with Crippen LogP contribution >= 0.6 is 11.3 Å². The molecule has 0 bridgehead atoms. The Balaban J connectivity index is 1.62. The number of hydrogen-bond acceptors (Lipinski definition) is 5. The van der Waals surface area contributed by atoms with E-state index < -0.39 is 23.8 Å². The van der Waals surface area contributed by atoms with Crippen molar-refractivity contribution in [3.8, 4) is 10.6 Å². The van der Waals surface area contributed by atoms with E-state index in [0.717, 1.165) is 5.56 Å². The molecule has 7 heteroatoms. The van der Waals surface area contributed by atoms with Gasteiger partial charge in [0.1, 0.15) is 10.8 Å². The third-order valence-electron chi connectivity index (χ3n) is 3.48. The van der Waals surface area contributed by atoms with E-state index in [1.165, 1.54) is 36.5 Å². The molecule has 1 atom stereocenters.